The van der Waals surface area contributed by atoms with Gasteiger partial charge in [-0.15, -0.1) is 0 Å². The van der Waals surface area contributed by atoms with E-state index < -0.39 is 6.61 Å². The third-order valence-electron chi connectivity index (χ3n) is 4.17. The summed E-state index contributed by atoms with van der Waals surface area (Å²) < 4.78 is 34.5. The topological polar surface area (TPSA) is 92.2 Å². The van der Waals surface area contributed by atoms with Crippen molar-refractivity contribution in [3.8, 4) is 0 Å². The first-order valence-electron chi connectivity index (χ1n) is 8.49. The maximum Gasteiger partial charge on any atom is 0.345 e. The van der Waals surface area contributed by atoms with Crippen molar-refractivity contribution in [3.63, 3.8) is 0 Å². The molecule has 0 bridgehead atoms. The molecular formula is C18H18F2N6O2. The van der Waals surface area contributed by atoms with Crippen LogP contribution in [-0.4, -0.2) is 27.3 Å². The highest BCUT2D eigenvalue weighted by Crippen LogP contribution is 2.30. The molecule has 8 nitrogen and oxygen atoms in total. The summed E-state index contributed by atoms with van der Waals surface area (Å²) in [7, 11) is 0. The summed E-state index contributed by atoms with van der Waals surface area (Å²) in [5, 5.41) is 7.58. The highest BCUT2D eigenvalue weighted by atomic mass is 19.3. The summed E-state index contributed by atoms with van der Waals surface area (Å²) in [5.74, 6) is 7.44. The molecule has 0 saturated heterocycles. The number of aryl methyl sites for hydroxylation is 1. The molecule has 2 aromatic rings. The van der Waals surface area contributed by atoms with Gasteiger partial charge in [0, 0.05) is 12.4 Å². The van der Waals surface area contributed by atoms with Crippen molar-refractivity contribution in [2.24, 2.45) is 10.9 Å². The molecule has 2 aromatic heterocycles. The predicted molar refractivity (Wildman–Crippen MR) is 96.7 cm³/mol. The number of nitrogens with two attached hydrogens (primary N) is 1. The van der Waals surface area contributed by atoms with E-state index in [1.165, 1.54) is 5.01 Å². The maximum atomic E-state index is 12.2. The molecule has 3 N–H and O–H groups in total. The second-order valence-electron chi connectivity index (χ2n) is 6.25. The van der Waals surface area contributed by atoms with E-state index in [1.807, 2.05) is 19.1 Å². The number of ether oxygens (including phenoxy) is 1. The Morgan fingerprint density at radius 2 is 2.04 bits per heavy atom. The minimum absolute atomic E-state index is 0.259. The fourth-order valence-electron chi connectivity index (χ4n) is 2.96. The Bertz CT molecular complexity index is 968. The molecule has 0 fully saturated rings. The number of hydrazine groups is 2. The average Bonchev–Trinajstić information content (AvgIpc) is 3.26. The minimum atomic E-state index is -2.83. The number of rotatable bonds is 6. The van der Waals surface area contributed by atoms with Crippen molar-refractivity contribution in [2.45, 2.75) is 26.7 Å². The lowest BCUT2D eigenvalue weighted by molar-refractivity contribution is -0.138. The number of hydrogen-bond donors (Lipinski definition) is 2. The molecule has 2 aliphatic rings. The zero-order valence-corrected chi connectivity index (χ0v) is 15.0. The smallest absolute Gasteiger partial charge is 0.345 e. The van der Waals surface area contributed by atoms with Gasteiger partial charge in [-0.25, -0.2) is 11.4 Å². The Labute approximate surface area is 159 Å². The summed E-state index contributed by atoms with van der Waals surface area (Å²) in [6, 6.07) is 8.89. The van der Waals surface area contributed by atoms with Crippen molar-refractivity contribution in [3.05, 3.63) is 71.3 Å². The van der Waals surface area contributed by atoms with Crippen LogP contribution in [0.25, 0.3) is 5.57 Å². The van der Waals surface area contributed by atoms with E-state index in [0.717, 1.165) is 17.0 Å². The van der Waals surface area contributed by atoms with Crippen LogP contribution in [0.15, 0.2) is 57.9 Å². The summed E-state index contributed by atoms with van der Waals surface area (Å²) >= 11 is 0. The van der Waals surface area contributed by atoms with Gasteiger partial charge in [0.1, 0.15) is 22.9 Å². The van der Waals surface area contributed by atoms with Crippen molar-refractivity contribution in [1.29, 1.82) is 0 Å². The summed E-state index contributed by atoms with van der Waals surface area (Å²) in [6.07, 6.45) is 3.45. The lowest BCUT2D eigenvalue weighted by Crippen LogP contribution is -2.34. The molecule has 4 rings (SSSR count). The monoisotopic (exact) mass is 388 g/mol. The normalized spacial score (nSPS) is 16.0. The van der Waals surface area contributed by atoms with Crippen LogP contribution in [0.5, 0.6) is 0 Å². The number of halogens is 2. The van der Waals surface area contributed by atoms with E-state index in [2.05, 4.69) is 20.4 Å². The van der Waals surface area contributed by atoms with Gasteiger partial charge in [-0.2, -0.15) is 13.9 Å². The lowest BCUT2D eigenvalue weighted by atomic mass is 10.0. The molecule has 2 aliphatic heterocycles. The van der Waals surface area contributed by atoms with Gasteiger partial charge in [-0.3, -0.25) is 15.0 Å². The van der Waals surface area contributed by atoms with Gasteiger partial charge in [0.05, 0.1) is 30.1 Å². The first kappa shape index (κ1) is 18.1. The first-order chi connectivity index (χ1) is 13.5. The third kappa shape index (κ3) is 3.73. The molecule has 0 unspecified atom stereocenters. The second kappa shape index (κ2) is 7.41. The molecule has 0 atom stereocenters. The Kier molecular flexibility index (Phi) is 4.80. The van der Waals surface area contributed by atoms with Gasteiger partial charge in [0.15, 0.2) is 0 Å². The maximum absolute atomic E-state index is 12.2. The van der Waals surface area contributed by atoms with Gasteiger partial charge < -0.3 is 9.15 Å². The van der Waals surface area contributed by atoms with Gasteiger partial charge in [-0.05, 0) is 31.2 Å². The van der Waals surface area contributed by atoms with Crippen LogP contribution in [0.1, 0.15) is 22.9 Å². The highest BCUT2D eigenvalue weighted by molar-refractivity contribution is 6.31. The predicted octanol–water partition coefficient (Wildman–Crippen LogP) is 2.47. The lowest BCUT2D eigenvalue weighted by Gasteiger charge is -2.24. The Hall–Kier alpha value is -3.24. The standard InChI is InChI=1S/C18H18F2N6O2/c1-11-5-6-16(28-11)14-8-25(21)9-15-17(14)23-24-26(15)7-12-3-2-4-13(22-12)10-27-18(19)20/h2-6,8-9,18,24H,7,10,21H2,1H3. The van der Waals surface area contributed by atoms with Crippen LogP contribution in [0, 0.1) is 6.92 Å². The molecule has 0 spiro atoms. The molecule has 0 saturated carbocycles. The molecule has 146 valence electrons. The number of fused-ring (bicyclic) bond motifs is 1. The van der Waals surface area contributed by atoms with Crippen molar-refractivity contribution < 1.29 is 17.9 Å². The van der Waals surface area contributed by atoms with E-state index in [-0.39, 0.29) is 6.61 Å². The number of nitrogens with zero attached hydrogens (tertiary/aromatic N) is 4. The summed E-state index contributed by atoms with van der Waals surface area (Å²) in [4.78, 5) is 4.35. The van der Waals surface area contributed by atoms with E-state index in [4.69, 9.17) is 10.3 Å². The minimum Gasteiger partial charge on any atom is -0.461 e. The van der Waals surface area contributed by atoms with Crippen LogP contribution in [-0.2, 0) is 17.9 Å². The first-order valence-corrected chi connectivity index (χ1v) is 8.49. The van der Waals surface area contributed by atoms with Crippen LogP contribution in [0.3, 0.4) is 0 Å². The van der Waals surface area contributed by atoms with Gasteiger partial charge in [-0.1, -0.05) is 6.07 Å². The molecular weight excluding hydrogens is 370 g/mol. The van der Waals surface area contributed by atoms with Crippen LogP contribution in [0.2, 0.25) is 0 Å². The van der Waals surface area contributed by atoms with Gasteiger partial charge in [0.25, 0.3) is 0 Å². The Morgan fingerprint density at radius 3 is 2.79 bits per heavy atom. The molecule has 0 aliphatic carbocycles. The quantitative estimate of drug-likeness (QED) is 0.735. The number of alkyl halides is 2. The summed E-state index contributed by atoms with van der Waals surface area (Å²) in [5.41, 5.74) is 6.20. The van der Waals surface area contributed by atoms with Crippen molar-refractivity contribution >= 4 is 11.3 Å². The van der Waals surface area contributed by atoms with E-state index in [1.54, 1.807) is 35.6 Å². The second-order valence-corrected chi connectivity index (χ2v) is 6.25. The van der Waals surface area contributed by atoms with Crippen LogP contribution >= 0.6 is 0 Å². The van der Waals surface area contributed by atoms with E-state index in [9.17, 15) is 8.78 Å². The highest BCUT2D eigenvalue weighted by Gasteiger charge is 2.31. The fourth-order valence-corrected chi connectivity index (χ4v) is 2.96. The third-order valence-corrected chi connectivity index (χ3v) is 4.17. The molecule has 4 heterocycles. The van der Waals surface area contributed by atoms with Crippen molar-refractivity contribution in [1.82, 2.24) is 20.5 Å². The number of furan rings is 1. The van der Waals surface area contributed by atoms with Gasteiger partial charge in [0.2, 0.25) is 0 Å². The zero-order chi connectivity index (χ0) is 19.7. The number of nitrogens with one attached hydrogen (secondary N) is 1. The molecule has 0 aromatic carbocycles. The fraction of sp³-hybridized carbons (Fsp3) is 0.222. The van der Waals surface area contributed by atoms with Crippen LogP contribution in [0.4, 0.5) is 8.78 Å². The van der Waals surface area contributed by atoms with E-state index >= 15 is 0 Å². The molecule has 0 radical (unpaired) electrons. The van der Waals surface area contributed by atoms with Crippen LogP contribution < -0.4 is 11.4 Å². The number of hydrogen-bond acceptors (Lipinski definition) is 8. The van der Waals surface area contributed by atoms with Gasteiger partial charge >= 0.3 is 6.61 Å². The number of pyridine rings is 1. The number of hydrazone groups is 1. The molecule has 28 heavy (non-hydrogen) atoms. The average molecular weight is 388 g/mol. The molecule has 10 heteroatoms. The Balaban J connectivity index is 1.51. The Morgan fingerprint density at radius 1 is 1.21 bits per heavy atom. The summed E-state index contributed by atoms with van der Waals surface area (Å²) in [6.45, 7) is -0.883. The largest absolute Gasteiger partial charge is 0.461 e. The van der Waals surface area contributed by atoms with E-state index in [0.29, 0.717) is 29.4 Å². The van der Waals surface area contributed by atoms with Crippen molar-refractivity contribution in [2.75, 3.05) is 0 Å². The SMILES string of the molecule is Cc1ccc(C2=CN(N)C=C3C2=NNN3Cc2cccc(COC(F)F)n2)o1. The number of allylic oxidation sites excluding steroid dienone is 1. The zero-order valence-electron chi connectivity index (χ0n) is 15.0. The number of aromatic nitrogens is 1. The molecule has 0 amide bonds.